The minimum Gasteiger partial charge on any atom is -0.505 e. The third-order valence-electron chi connectivity index (χ3n) is 4.86. The number of hydrogen-bond acceptors (Lipinski definition) is 9. The first-order valence-electron chi connectivity index (χ1n) is 10.1. The number of fused-ring (bicyclic) bond motifs is 1. The predicted molar refractivity (Wildman–Crippen MR) is 125 cm³/mol. The minimum atomic E-state index is -0.619. The zero-order chi connectivity index (χ0) is 24.2. The fraction of sp³-hybridized carbons (Fsp3) is 0. The van der Waals surface area contributed by atoms with Gasteiger partial charge in [0.25, 0.3) is 17.5 Å². The molecule has 0 aliphatic rings. The van der Waals surface area contributed by atoms with Crippen molar-refractivity contribution in [1.82, 2.24) is 29.7 Å². The molecule has 0 bridgehead atoms. The molecule has 3 heterocycles. The first kappa shape index (κ1) is 21.3. The maximum atomic E-state index is 13.1. The van der Waals surface area contributed by atoms with Gasteiger partial charge in [-0.05, 0) is 29.0 Å². The topological polar surface area (TPSA) is 148 Å². The Balaban J connectivity index is 1.60. The quantitative estimate of drug-likeness (QED) is 0.288. The number of phenolic OH excluding ortho intramolecular Hbond substituents is 1. The van der Waals surface area contributed by atoms with E-state index in [1.54, 1.807) is 42.5 Å². The number of carbonyl (C=O) groups excluding carboxylic acids is 1. The molecular weight excluding hydrogens is 448 g/mol. The molecule has 2 aromatic carbocycles. The van der Waals surface area contributed by atoms with E-state index >= 15 is 0 Å². The summed E-state index contributed by atoms with van der Waals surface area (Å²) in [5.41, 5.74) is 0.107. The van der Waals surface area contributed by atoms with Crippen LogP contribution in [0, 0.1) is 6.57 Å². The van der Waals surface area contributed by atoms with Gasteiger partial charge in [-0.2, -0.15) is 9.78 Å². The van der Waals surface area contributed by atoms with Crippen molar-refractivity contribution in [2.45, 2.75) is 0 Å². The number of phenols is 1. The summed E-state index contributed by atoms with van der Waals surface area (Å²) in [6.45, 7) is 7.41. The highest BCUT2D eigenvalue weighted by atomic mass is 16.3. The lowest BCUT2D eigenvalue weighted by atomic mass is 10.0. The molecule has 5 rings (SSSR count). The second-order valence-corrected chi connectivity index (χ2v) is 6.99. The lowest BCUT2D eigenvalue weighted by molar-refractivity contribution is 0.102. The van der Waals surface area contributed by atoms with E-state index in [0.717, 1.165) is 0 Å². The van der Waals surface area contributed by atoms with Crippen LogP contribution in [0.15, 0.2) is 83.7 Å². The highest BCUT2D eigenvalue weighted by Crippen LogP contribution is 2.39. The van der Waals surface area contributed by atoms with Crippen LogP contribution in [-0.2, 0) is 0 Å². The van der Waals surface area contributed by atoms with Crippen LogP contribution in [0.25, 0.3) is 21.6 Å². The average Bonchev–Trinajstić information content (AvgIpc) is 3.31. The molecule has 0 aliphatic carbocycles. The number of aromatic nitrogens is 6. The van der Waals surface area contributed by atoms with Crippen molar-refractivity contribution in [3.63, 3.8) is 0 Å². The number of amides is 1. The first-order chi connectivity index (χ1) is 17.2. The smallest absolute Gasteiger partial charge is 0.262 e. The Hall–Kier alpha value is -5.57. The maximum Gasteiger partial charge on any atom is 0.262 e. The number of nitrogens with one attached hydrogen (secondary N) is 1. The summed E-state index contributed by atoms with van der Waals surface area (Å²) in [5.74, 6) is -0.662. The van der Waals surface area contributed by atoms with Crippen molar-refractivity contribution in [2.75, 3.05) is 5.32 Å². The molecule has 0 saturated heterocycles. The van der Waals surface area contributed by atoms with Crippen LogP contribution >= 0.6 is 0 Å². The lowest BCUT2D eigenvalue weighted by Crippen LogP contribution is -2.14. The third-order valence-corrected chi connectivity index (χ3v) is 4.86. The van der Waals surface area contributed by atoms with E-state index in [-0.39, 0.29) is 34.7 Å². The Morgan fingerprint density at radius 1 is 1.00 bits per heavy atom. The molecule has 2 N–H and O–H groups in total. The largest absolute Gasteiger partial charge is 0.505 e. The molecule has 12 heteroatoms. The van der Waals surface area contributed by atoms with Crippen LogP contribution in [0.5, 0.6) is 5.75 Å². The molecule has 0 fully saturated rings. The van der Waals surface area contributed by atoms with Crippen LogP contribution in [-0.4, -0.2) is 40.7 Å². The van der Waals surface area contributed by atoms with Crippen LogP contribution in [0.1, 0.15) is 10.4 Å². The van der Waals surface area contributed by atoms with Crippen molar-refractivity contribution in [3.05, 3.63) is 90.4 Å². The van der Waals surface area contributed by atoms with E-state index in [1.807, 2.05) is 0 Å². The van der Waals surface area contributed by atoms with E-state index in [1.165, 1.54) is 35.7 Å². The molecule has 168 valence electrons. The number of rotatable bonds is 5. The molecule has 5 aromatic rings. The van der Waals surface area contributed by atoms with E-state index in [9.17, 15) is 9.90 Å². The number of hydrogen-bond donors (Lipinski definition) is 2. The van der Waals surface area contributed by atoms with E-state index in [0.29, 0.717) is 10.8 Å². The Morgan fingerprint density at radius 2 is 1.71 bits per heavy atom. The minimum absolute atomic E-state index is 0.0143. The number of aromatic hydroxyl groups is 1. The van der Waals surface area contributed by atoms with Gasteiger partial charge in [-0.3, -0.25) is 10.1 Å². The van der Waals surface area contributed by atoms with Gasteiger partial charge >= 0.3 is 0 Å². The summed E-state index contributed by atoms with van der Waals surface area (Å²) in [4.78, 5) is 32.7. The number of benzene rings is 2. The molecule has 0 aliphatic heterocycles. The van der Waals surface area contributed by atoms with Gasteiger partial charge in [-0.25, -0.2) is 24.8 Å². The number of carbonyl (C=O) groups is 1. The molecule has 0 unspecified atom stereocenters. The highest BCUT2D eigenvalue weighted by molar-refractivity contribution is 6.15. The van der Waals surface area contributed by atoms with Gasteiger partial charge in [0.15, 0.2) is 11.6 Å². The van der Waals surface area contributed by atoms with Gasteiger partial charge in [0, 0.05) is 24.8 Å². The van der Waals surface area contributed by atoms with Gasteiger partial charge in [0.05, 0.1) is 18.3 Å². The van der Waals surface area contributed by atoms with Crippen molar-refractivity contribution >= 4 is 39.8 Å². The van der Waals surface area contributed by atoms with Gasteiger partial charge in [-0.15, -0.1) is 10.2 Å². The second-order valence-electron chi connectivity index (χ2n) is 6.99. The normalized spacial score (nSPS) is 10.9. The Kier molecular flexibility index (Phi) is 5.55. The van der Waals surface area contributed by atoms with E-state index in [4.69, 9.17) is 6.57 Å². The summed E-state index contributed by atoms with van der Waals surface area (Å²) in [7, 11) is 0. The zero-order valence-electron chi connectivity index (χ0n) is 17.8. The zero-order valence-corrected chi connectivity index (χ0v) is 17.8. The molecule has 0 spiro atoms. The Labute approximate surface area is 197 Å². The summed E-state index contributed by atoms with van der Waals surface area (Å²) < 4.78 is 1.26. The third kappa shape index (κ3) is 4.12. The van der Waals surface area contributed by atoms with Crippen LogP contribution in [0.4, 0.5) is 23.1 Å². The summed E-state index contributed by atoms with van der Waals surface area (Å²) in [6, 6.07) is 11.9. The van der Waals surface area contributed by atoms with Crippen LogP contribution < -0.4 is 5.32 Å². The number of azo groups is 1. The van der Waals surface area contributed by atoms with E-state index < -0.39 is 11.7 Å². The SMILES string of the molecule is [C-]#[N+]c1cnn(-c2ncccn2)c1/N=N/c1cc2ccccc2c(C(=O)Nc2ncccn2)c1O. The molecular formula is C23H14N10O2. The van der Waals surface area contributed by atoms with Crippen LogP contribution in [0.2, 0.25) is 0 Å². The van der Waals surface area contributed by atoms with E-state index in [2.05, 4.69) is 45.4 Å². The summed E-state index contributed by atoms with van der Waals surface area (Å²) in [5, 5.41) is 27.1. The number of anilines is 1. The standard InChI is InChI=1S/C23H14N10O2/c1-24-17-13-29-33(23-27-10-5-11-28-23)20(17)32-31-16-12-14-6-2-3-7-15(14)18(19(16)34)21(35)30-22-25-8-4-9-26-22/h2-13,34H,(H,25,26,30,35)/b32-31+. The van der Waals surface area contributed by atoms with Crippen molar-refractivity contribution in [2.24, 2.45) is 10.2 Å². The lowest BCUT2D eigenvalue weighted by Gasteiger charge is -2.11. The van der Waals surface area contributed by atoms with Crippen LogP contribution in [0.3, 0.4) is 0 Å². The van der Waals surface area contributed by atoms with Gasteiger partial charge in [0.1, 0.15) is 5.69 Å². The average molecular weight is 462 g/mol. The molecule has 0 radical (unpaired) electrons. The van der Waals surface area contributed by atoms with Crippen molar-refractivity contribution in [3.8, 4) is 11.7 Å². The van der Waals surface area contributed by atoms with Crippen molar-refractivity contribution in [1.29, 1.82) is 0 Å². The fourth-order valence-electron chi connectivity index (χ4n) is 3.31. The van der Waals surface area contributed by atoms with Crippen molar-refractivity contribution < 1.29 is 9.90 Å². The summed E-state index contributed by atoms with van der Waals surface area (Å²) in [6.07, 6.45) is 7.34. The molecule has 1 amide bonds. The van der Waals surface area contributed by atoms with Gasteiger partial charge in [-0.1, -0.05) is 24.3 Å². The molecule has 0 saturated carbocycles. The summed E-state index contributed by atoms with van der Waals surface area (Å²) >= 11 is 0. The van der Waals surface area contributed by atoms with Gasteiger partial charge < -0.3 is 5.11 Å². The molecule has 3 aromatic heterocycles. The first-order valence-corrected chi connectivity index (χ1v) is 10.1. The molecule has 35 heavy (non-hydrogen) atoms. The maximum absolute atomic E-state index is 13.1. The monoisotopic (exact) mass is 462 g/mol. The number of nitrogens with zero attached hydrogens (tertiary/aromatic N) is 9. The Bertz CT molecular complexity index is 1610. The predicted octanol–water partition coefficient (Wildman–Crippen LogP) is 4.53. The molecule has 12 nitrogen and oxygen atoms in total. The van der Waals surface area contributed by atoms with Gasteiger partial charge in [0.2, 0.25) is 5.95 Å². The Morgan fingerprint density at radius 3 is 2.46 bits per heavy atom. The molecule has 0 atom stereocenters. The second kappa shape index (κ2) is 9.12. The fourth-order valence-corrected chi connectivity index (χ4v) is 3.31. The highest BCUT2D eigenvalue weighted by Gasteiger charge is 2.21.